The van der Waals surface area contributed by atoms with Crippen LogP contribution in [0.5, 0.6) is 0 Å². The van der Waals surface area contributed by atoms with Gasteiger partial charge in [-0.2, -0.15) is 0 Å². The fourth-order valence-corrected chi connectivity index (χ4v) is 3.37. The number of rotatable bonds is 2. The van der Waals surface area contributed by atoms with Crippen molar-refractivity contribution in [3.05, 3.63) is 0 Å². The minimum atomic E-state index is -0.0261. The van der Waals surface area contributed by atoms with E-state index in [-0.39, 0.29) is 11.6 Å². The quantitative estimate of drug-likeness (QED) is 0.762. The fraction of sp³-hybridized carbons (Fsp3) is 1.00. The minimum Gasteiger partial charge on any atom is -0.374 e. The van der Waals surface area contributed by atoms with E-state index in [1.165, 1.54) is 32.1 Å². The summed E-state index contributed by atoms with van der Waals surface area (Å²) in [5.74, 6) is 1.55. The zero-order valence-corrected chi connectivity index (χ0v) is 10.2. The van der Waals surface area contributed by atoms with Crippen LogP contribution >= 0.6 is 0 Å². The lowest BCUT2D eigenvalue weighted by molar-refractivity contribution is -0.0240. The maximum absolute atomic E-state index is 6.43. The molecule has 4 atom stereocenters. The predicted octanol–water partition coefficient (Wildman–Crippen LogP) is 2.71. The second-order valence-corrected chi connectivity index (χ2v) is 5.82. The lowest BCUT2D eigenvalue weighted by Gasteiger charge is -2.39. The first-order valence-electron chi connectivity index (χ1n) is 6.51. The molecule has 2 heteroatoms. The van der Waals surface area contributed by atoms with E-state index in [0.29, 0.717) is 5.92 Å². The van der Waals surface area contributed by atoms with E-state index >= 15 is 0 Å². The second kappa shape index (κ2) is 4.42. The Morgan fingerprint density at radius 1 is 1.33 bits per heavy atom. The first-order valence-corrected chi connectivity index (χ1v) is 6.51. The van der Waals surface area contributed by atoms with E-state index < -0.39 is 0 Å². The number of ether oxygens (including phenoxy) is 1. The van der Waals surface area contributed by atoms with Gasteiger partial charge in [0.25, 0.3) is 0 Å². The number of nitrogens with two attached hydrogens (primary N) is 1. The van der Waals surface area contributed by atoms with Crippen LogP contribution in [0.4, 0.5) is 0 Å². The van der Waals surface area contributed by atoms with Crippen molar-refractivity contribution in [2.24, 2.45) is 17.6 Å². The SMILES string of the molecule is CC1CCCC(C(N)C2(C)CCCO2)C1. The summed E-state index contributed by atoms with van der Waals surface area (Å²) in [5.41, 5.74) is 6.40. The van der Waals surface area contributed by atoms with Crippen molar-refractivity contribution in [2.45, 2.75) is 64.0 Å². The minimum absolute atomic E-state index is 0.0261. The molecule has 1 aliphatic heterocycles. The van der Waals surface area contributed by atoms with E-state index in [1.807, 2.05) is 0 Å². The van der Waals surface area contributed by atoms with Crippen LogP contribution < -0.4 is 5.73 Å². The van der Waals surface area contributed by atoms with Gasteiger partial charge in [0, 0.05) is 12.6 Å². The molecule has 4 unspecified atom stereocenters. The van der Waals surface area contributed by atoms with Gasteiger partial charge in [0.05, 0.1) is 5.60 Å². The molecule has 0 spiro atoms. The van der Waals surface area contributed by atoms with Crippen LogP contribution in [-0.2, 0) is 4.74 Å². The Morgan fingerprint density at radius 3 is 2.73 bits per heavy atom. The van der Waals surface area contributed by atoms with Gasteiger partial charge >= 0.3 is 0 Å². The van der Waals surface area contributed by atoms with Crippen LogP contribution in [0, 0.1) is 11.8 Å². The van der Waals surface area contributed by atoms with Gasteiger partial charge in [0.15, 0.2) is 0 Å². The van der Waals surface area contributed by atoms with Gasteiger partial charge in [-0.25, -0.2) is 0 Å². The van der Waals surface area contributed by atoms with Crippen LogP contribution in [0.15, 0.2) is 0 Å². The van der Waals surface area contributed by atoms with Gasteiger partial charge in [-0.1, -0.05) is 19.8 Å². The Morgan fingerprint density at radius 2 is 2.13 bits per heavy atom. The second-order valence-electron chi connectivity index (χ2n) is 5.82. The zero-order chi connectivity index (χ0) is 10.9. The summed E-state index contributed by atoms with van der Waals surface area (Å²) in [7, 11) is 0. The lowest BCUT2D eigenvalue weighted by Crippen LogP contribution is -2.50. The van der Waals surface area contributed by atoms with Crippen LogP contribution in [0.25, 0.3) is 0 Å². The molecule has 1 aliphatic carbocycles. The molecule has 2 rings (SSSR count). The third kappa shape index (κ3) is 2.36. The Hall–Kier alpha value is -0.0800. The summed E-state index contributed by atoms with van der Waals surface area (Å²) in [4.78, 5) is 0. The third-order valence-corrected chi connectivity index (χ3v) is 4.44. The van der Waals surface area contributed by atoms with E-state index in [0.717, 1.165) is 18.9 Å². The molecule has 2 N–H and O–H groups in total. The summed E-state index contributed by atoms with van der Waals surface area (Å²) >= 11 is 0. The van der Waals surface area contributed by atoms with E-state index in [2.05, 4.69) is 13.8 Å². The Bertz CT molecular complexity index is 211. The molecule has 0 aromatic rings. The Labute approximate surface area is 93.6 Å². The normalized spacial score (nSPS) is 44.2. The van der Waals surface area contributed by atoms with E-state index in [1.54, 1.807) is 0 Å². The van der Waals surface area contributed by atoms with Gasteiger partial charge in [-0.15, -0.1) is 0 Å². The summed E-state index contributed by atoms with van der Waals surface area (Å²) in [5, 5.41) is 0. The number of hydrogen-bond donors (Lipinski definition) is 1. The van der Waals surface area contributed by atoms with Gasteiger partial charge < -0.3 is 10.5 Å². The molecule has 88 valence electrons. The first kappa shape index (κ1) is 11.4. The monoisotopic (exact) mass is 211 g/mol. The predicted molar refractivity (Wildman–Crippen MR) is 62.7 cm³/mol. The van der Waals surface area contributed by atoms with Crippen LogP contribution in [-0.4, -0.2) is 18.2 Å². The Kier molecular flexibility index (Phi) is 3.36. The lowest BCUT2D eigenvalue weighted by atomic mass is 9.73. The molecule has 0 radical (unpaired) electrons. The average Bonchev–Trinajstić information content (AvgIpc) is 2.65. The zero-order valence-electron chi connectivity index (χ0n) is 10.2. The van der Waals surface area contributed by atoms with Gasteiger partial charge in [0.1, 0.15) is 0 Å². The van der Waals surface area contributed by atoms with E-state index in [9.17, 15) is 0 Å². The summed E-state index contributed by atoms with van der Waals surface area (Å²) < 4.78 is 5.87. The number of hydrogen-bond acceptors (Lipinski definition) is 2. The molecule has 1 saturated heterocycles. The fourth-order valence-electron chi connectivity index (χ4n) is 3.37. The van der Waals surface area contributed by atoms with Gasteiger partial charge in [-0.3, -0.25) is 0 Å². The van der Waals surface area contributed by atoms with Crippen LogP contribution in [0.1, 0.15) is 52.4 Å². The van der Waals surface area contributed by atoms with Crippen LogP contribution in [0.2, 0.25) is 0 Å². The molecule has 0 aromatic heterocycles. The topological polar surface area (TPSA) is 35.2 Å². The molecule has 15 heavy (non-hydrogen) atoms. The van der Waals surface area contributed by atoms with Crippen LogP contribution in [0.3, 0.4) is 0 Å². The van der Waals surface area contributed by atoms with Crippen molar-refractivity contribution < 1.29 is 4.74 Å². The molecular weight excluding hydrogens is 186 g/mol. The van der Waals surface area contributed by atoms with Gasteiger partial charge in [-0.05, 0) is 44.4 Å². The van der Waals surface area contributed by atoms with Crippen molar-refractivity contribution in [1.82, 2.24) is 0 Å². The highest BCUT2D eigenvalue weighted by Crippen LogP contribution is 2.38. The molecule has 0 aromatic carbocycles. The average molecular weight is 211 g/mol. The van der Waals surface area contributed by atoms with Crippen molar-refractivity contribution >= 4 is 0 Å². The van der Waals surface area contributed by atoms with Gasteiger partial charge in [0.2, 0.25) is 0 Å². The molecular formula is C13H25NO. The maximum Gasteiger partial charge on any atom is 0.0808 e. The summed E-state index contributed by atoms with van der Waals surface area (Å²) in [6.45, 7) is 5.48. The molecule has 1 heterocycles. The largest absolute Gasteiger partial charge is 0.374 e. The standard InChI is InChI=1S/C13H25NO/c1-10-5-3-6-11(9-10)12(14)13(2)7-4-8-15-13/h10-12H,3-9,14H2,1-2H3. The van der Waals surface area contributed by atoms with Crippen molar-refractivity contribution in [2.75, 3.05) is 6.61 Å². The first-order chi connectivity index (χ1) is 7.12. The third-order valence-electron chi connectivity index (χ3n) is 4.44. The summed E-state index contributed by atoms with van der Waals surface area (Å²) in [6, 6.07) is 0.253. The molecule has 2 fully saturated rings. The molecule has 2 aliphatic rings. The Balaban J connectivity index is 1.96. The molecule has 0 amide bonds. The maximum atomic E-state index is 6.43. The smallest absolute Gasteiger partial charge is 0.0808 e. The summed E-state index contributed by atoms with van der Waals surface area (Å²) in [6.07, 6.45) is 7.70. The van der Waals surface area contributed by atoms with Crippen molar-refractivity contribution in [1.29, 1.82) is 0 Å². The van der Waals surface area contributed by atoms with E-state index in [4.69, 9.17) is 10.5 Å². The highest BCUT2D eigenvalue weighted by Gasteiger charge is 2.41. The molecule has 0 bridgehead atoms. The molecule has 2 nitrogen and oxygen atoms in total. The highest BCUT2D eigenvalue weighted by molar-refractivity contribution is 4.95. The van der Waals surface area contributed by atoms with Crippen molar-refractivity contribution in [3.8, 4) is 0 Å². The molecule has 1 saturated carbocycles. The van der Waals surface area contributed by atoms with Crippen molar-refractivity contribution in [3.63, 3.8) is 0 Å². The highest BCUT2D eigenvalue weighted by atomic mass is 16.5.